The summed E-state index contributed by atoms with van der Waals surface area (Å²) in [7, 11) is 4.47. The highest BCUT2D eigenvalue weighted by molar-refractivity contribution is 14.1. The van der Waals surface area contributed by atoms with Crippen LogP contribution in [0.1, 0.15) is 65.7 Å². The molecule has 1 aliphatic heterocycles. The van der Waals surface area contributed by atoms with Gasteiger partial charge in [-0.25, -0.2) is 14.6 Å². The fraction of sp³-hybridized carbons (Fsp3) is 0.400. The molecule has 50 heavy (non-hydrogen) atoms. The number of aromatic nitrogens is 4. The van der Waals surface area contributed by atoms with Crippen molar-refractivity contribution >= 4 is 63.8 Å². The maximum atomic E-state index is 14.5. The lowest BCUT2D eigenvalue weighted by Gasteiger charge is -2.34. The van der Waals surface area contributed by atoms with Gasteiger partial charge < -0.3 is 33.9 Å². The van der Waals surface area contributed by atoms with Gasteiger partial charge >= 0.3 is 12.1 Å². The Labute approximate surface area is 310 Å². The Balaban J connectivity index is 1.50. The lowest BCUT2D eigenvalue weighted by Crippen LogP contribution is -2.49. The second kappa shape index (κ2) is 15.7. The molecule has 2 aromatic heterocycles. The van der Waals surface area contributed by atoms with Crippen LogP contribution in [0, 0.1) is 3.70 Å². The number of methoxy groups -OCH3 is 2. The molecule has 0 bridgehead atoms. The van der Waals surface area contributed by atoms with Gasteiger partial charge in [0, 0.05) is 31.2 Å². The van der Waals surface area contributed by atoms with Crippen molar-refractivity contribution < 1.29 is 28.6 Å². The van der Waals surface area contributed by atoms with E-state index in [1.165, 1.54) is 22.9 Å². The molecule has 1 saturated heterocycles. The second-order valence-corrected chi connectivity index (χ2v) is 14.3. The van der Waals surface area contributed by atoms with Crippen molar-refractivity contribution in [3.8, 4) is 5.75 Å². The number of rotatable bonds is 10. The normalized spacial score (nSPS) is 14.6. The molecule has 1 atom stereocenters. The summed E-state index contributed by atoms with van der Waals surface area (Å²) in [6, 6.07) is 14.6. The molecule has 15 heteroatoms. The van der Waals surface area contributed by atoms with E-state index in [1.54, 1.807) is 20.2 Å². The van der Waals surface area contributed by atoms with Crippen LogP contribution in [-0.2, 0) is 22.6 Å². The van der Waals surface area contributed by atoms with Crippen molar-refractivity contribution in [2.24, 2.45) is 0 Å². The molecule has 1 unspecified atom stereocenters. The fourth-order valence-corrected chi connectivity index (χ4v) is 6.71. The maximum Gasteiger partial charge on any atom is 0.407 e. The number of nitrogens with zero attached hydrogens (tertiary/aromatic N) is 6. The van der Waals surface area contributed by atoms with E-state index in [4.69, 9.17) is 30.8 Å². The van der Waals surface area contributed by atoms with Crippen LogP contribution in [0.15, 0.2) is 54.7 Å². The van der Waals surface area contributed by atoms with Gasteiger partial charge in [0.1, 0.15) is 20.7 Å². The second-order valence-electron chi connectivity index (χ2n) is 12.9. The van der Waals surface area contributed by atoms with Gasteiger partial charge in [-0.2, -0.15) is 5.10 Å². The van der Waals surface area contributed by atoms with Gasteiger partial charge in [-0.1, -0.05) is 41.9 Å². The molecular formula is C35H41ClIN7O6. The Kier molecular flexibility index (Phi) is 11.6. The van der Waals surface area contributed by atoms with Crippen LogP contribution in [0.3, 0.4) is 0 Å². The Hall–Kier alpha value is -4.31. The largest absolute Gasteiger partial charge is 0.497 e. The number of halogens is 2. The third-order valence-electron chi connectivity index (χ3n) is 8.18. The predicted octanol–water partition coefficient (Wildman–Crippen LogP) is 6.00. The van der Waals surface area contributed by atoms with Crippen LogP contribution in [0.5, 0.6) is 5.75 Å². The number of esters is 1. The minimum Gasteiger partial charge on any atom is -0.497 e. The maximum absolute atomic E-state index is 14.5. The smallest absolute Gasteiger partial charge is 0.407 e. The molecule has 0 radical (unpaired) electrons. The summed E-state index contributed by atoms with van der Waals surface area (Å²) < 4.78 is 19.7. The summed E-state index contributed by atoms with van der Waals surface area (Å²) in [6.45, 7) is 7.10. The first-order valence-electron chi connectivity index (χ1n) is 16.1. The number of imidazole rings is 1. The monoisotopic (exact) mass is 817 g/mol. The number of ether oxygens (including phenoxy) is 3. The van der Waals surface area contributed by atoms with Gasteiger partial charge in [0.25, 0.3) is 5.91 Å². The van der Waals surface area contributed by atoms with Crippen molar-refractivity contribution in [2.75, 3.05) is 44.2 Å². The van der Waals surface area contributed by atoms with Crippen molar-refractivity contribution in [2.45, 2.75) is 58.3 Å². The van der Waals surface area contributed by atoms with Crippen molar-refractivity contribution in [3.05, 3.63) is 86.0 Å². The van der Waals surface area contributed by atoms with Crippen LogP contribution in [-0.4, -0.2) is 83.3 Å². The molecule has 3 heterocycles. The first-order valence-corrected chi connectivity index (χ1v) is 17.5. The summed E-state index contributed by atoms with van der Waals surface area (Å²) in [5, 5.41) is 8.01. The number of anilines is 2. The Morgan fingerprint density at radius 1 is 1.06 bits per heavy atom. The molecular weight excluding hydrogens is 777 g/mol. The Bertz CT molecular complexity index is 1850. The highest BCUT2D eigenvalue weighted by atomic mass is 127. The number of hydrogen-bond donors (Lipinski definition) is 1. The molecule has 0 aliphatic carbocycles. The van der Waals surface area contributed by atoms with E-state index in [0.717, 1.165) is 24.0 Å². The van der Waals surface area contributed by atoms with Crippen molar-refractivity contribution in [1.82, 2.24) is 24.6 Å². The number of carbonyl (C=O) groups is 3. The van der Waals surface area contributed by atoms with Gasteiger partial charge in [-0.15, -0.1) is 0 Å². The number of benzene rings is 2. The van der Waals surface area contributed by atoms with Gasteiger partial charge in [-0.3, -0.25) is 9.48 Å². The molecule has 1 fully saturated rings. The predicted molar refractivity (Wildman–Crippen MR) is 198 cm³/mol. The molecule has 2 amide bonds. The zero-order valence-electron chi connectivity index (χ0n) is 28.9. The zero-order chi connectivity index (χ0) is 36.2. The Morgan fingerprint density at radius 2 is 1.78 bits per heavy atom. The molecule has 0 spiro atoms. The minimum atomic E-state index is -0.637. The number of piperidine rings is 1. The molecule has 4 aromatic rings. The van der Waals surface area contributed by atoms with Crippen LogP contribution in [0.2, 0.25) is 5.02 Å². The van der Waals surface area contributed by atoms with E-state index < -0.39 is 23.6 Å². The van der Waals surface area contributed by atoms with E-state index >= 15 is 0 Å². The minimum absolute atomic E-state index is 0.124. The molecule has 266 valence electrons. The molecule has 13 nitrogen and oxygen atoms in total. The first-order chi connectivity index (χ1) is 23.8. The van der Waals surface area contributed by atoms with Crippen LogP contribution < -0.4 is 19.9 Å². The summed E-state index contributed by atoms with van der Waals surface area (Å²) in [5.74, 6) is 0.220. The molecule has 0 saturated carbocycles. The first kappa shape index (κ1) is 37.0. The summed E-state index contributed by atoms with van der Waals surface area (Å²) in [4.78, 5) is 48.7. The lowest BCUT2D eigenvalue weighted by molar-refractivity contribution is 0.0498. The van der Waals surface area contributed by atoms with Crippen molar-refractivity contribution in [3.63, 3.8) is 0 Å². The lowest BCUT2D eigenvalue weighted by atomic mass is 10.1. The average molecular weight is 818 g/mol. The quantitative estimate of drug-likeness (QED) is 0.151. The van der Waals surface area contributed by atoms with Gasteiger partial charge in [-0.05, 0) is 85.5 Å². The summed E-state index contributed by atoms with van der Waals surface area (Å²) in [5.41, 5.74) is 1.75. The van der Waals surface area contributed by atoms with Crippen molar-refractivity contribution in [1.29, 1.82) is 0 Å². The molecule has 1 N–H and O–H groups in total. The molecule has 2 aromatic carbocycles. The zero-order valence-corrected chi connectivity index (χ0v) is 31.8. The van der Waals surface area contributed by atoms with E-state index in [9.17, 15) is 14.4 Å². The van der Waals surface area contributed by atoms with Crippen LogP contribution in [0.25, 0.3) is 0 Å². The van der Waals surface area contributed by atoms with E-state index in [0.29, 0.717) is 39.2 Å². The number of nitrogens with one attached hydrogen (secondary N) is 1. The van der Waals surface area contributed by atoms with Gasteiger partial charge in [0.05, 0.1) is 39.2 Å². The topological polar surface area (TPSA) is 133 Å². The van der Waals surface area contributed by atoms with E-state index in [2.05, 4.69) is 37.9 Å². The number of carbonyl (C=O) groups excluding carboxylic acids is 3. The van der Waals surface area contributed by atoms with Gasteiger partial charge in [0.2, 0.25) is 5.95 Å². The number of alkyl carbamates (subject to hydrolysis) is 1. The number of hydrogen-bond acceptors (Lipinski definition) is 9. The summed E-state index contributed by atoms with van der Waals surface area (Å²) in [6.07, 6.45) is 2.55. The van der Waals surface area contributed by atoms with Gasteiger partial charge in [0.15, 0.2) is 5.69 Å². The SMILES string of the molecule is COC(=O)c1c(N(C)C(=O)c2c(I)nc(N3CCCC(NC(=O)OC(C)(C)C)C3)n2Cc2ccccc2Cl)cnn1Cc1ccc(OC)cc1. The van der Waals surface area contributed by atoms with Crippen LogP contribution in [0.4, 0.5) is 16.4 Å². The van der Waals surface area contributed by atoms with E-state index in [1.807, 2.05) is 67.8 Å². The highest BCUT2D eigenvalue weighted by Gasteiger charge is 2.33. The van der Waals surface area contributed by atoms with Crippen LogP contribution >= 0.6 is 34.2 Å². The standard InChI is InChI=1S/C35H41ClIN7O6/c1-35(2,3)50-34(47)39-24-11-9-17-42(21-24)33-40-30(37)29(43(33)20-23-10-7-8-12-26(23)36)31(45)41(4)27-18-38-44(28(27)32(46)49-6)19-22-13-15-25(48-5)16-14-22/h7-8,10,12-16,18,24H,9,11,17,19-21H2,1-6H3,(H,39,47). The number of amides is 2. The third kappa shape index (κ3) is 8.52. The Morgan fingerprint density at radius 3 is 2.44 bits per heavy atom. The molecule has 1 aliphatic rings. The average Bonchev–Trinajstić information content (AvgIpc) is 3.64. The van der Waals surface area contributed by atoms with E-state index in [-0.39, 0.29) is 30.5 Å². The molecule has 5 rings (SSSR count). The fourth-order valence-electron chi connectivity index (χ4n) is 5.77. The summed E-state index contributed by atoms with van der Waals surface area (Å²) >= 11 is 8.69. The highest BCUT2D eigenvalue weighted by Crippen LogP contribution is 2.31. The third-order valence-corrected chi connectivity index (χ3v) is 9.30.